The van der Waals surface area contributed by atoms with Gasteiger partial charge in [0.1, 0.15) is 23.0 Å². The molecule has 3 aromatic rings. The normalized spacial score (nSPS) is 16.8. The van der Waals surface area contributed by atoms with E-state index in [1.54, 1.807) is 42.5 Å². The van der Waals surface area contributed by atoms with Crippen molar-refractivity contribution in [2.24, 2.45) is 0 Å². The molecule has 1 fully saturated rings. The summed E-state index contributed by atoms with van der Waals surface area (Å²) in [5, 5.41) is 11.5. The topological polar surface area (TPSA) is 85.3 Å². The minimum Gasteiger partial charge on any atom is -0.507 e. The van der Waals surface area contributed by atoms with Gasteiger partial charge in [0, 0.05) is 11.8 Å². The summed E-state index contributed by atoms with van der Waals surface area (Å²) in [5.74, 6) is -0.205. The van der Waals surface area contributed by atoms with Crippen LogP contribution in [0, 0.1) is 0 Å². The van der Waals surface area contributed by atoms with Gasteiger partial charge in [-0.3, -0.25) is 14.5 Å². The van der Waals surface area contributed by atoms with Crippen LogP contribution >= 0.6 is 0 Å². The number of rotatable bonds is 9. The van der Waals surface area contributed by atoms with E-state index in [2.05, 4.69) is 0 Å². The molecule has 0 aromatic heterocycles. The van der Waals surface area contributed by atoms with Gasteiger partial charge in [-0.25, -0.2) is 0 Å². The van der Waals surface area contributed by atoms with Crippen molar-refractivity contribution in [2.75, 3.05) is 24.7 Å². The third kappa shape index (κ3) is 4.77. The Hall–Kier alpha value is -4.26. The first kappa shape index (κ1) is 24.9. The summed E-state index contributed by atoms with van der Waals surface area (Å²) < 4.78 is 16.8. The SMILES string of the molecule is CCOc1ccc(N2C(=O)C(=O)/C(=C(\O)c3ccc(OCC)cc3OCC)C2c2ccccc2)cc1. The molecule has 0 radical (unpaired) electrons. The molecule has 1 N–H and O–H groups in total. The third-order valence-electron chi connectivity index (χ3n) is 5.80. The highest BCUT2D eigenvalue weighted by molar-refractivity contribution is 6.51. The molecule has 1 unspecified atom stereocenters. The number of hydrogen-bond acceptors (Lipinski definition) is 6. The van der Waals surface area contributed by atoms with Crippen LogP contribution in [0.1, 0.15) is 37.9 Å². The highest BCUT2D eigenvalue weighted by Crippen LogP contribution is 2.43. The largest absolute Gasteiger partial charge is 0.507 e. The Bertz CT molecular complexity index is 1270. The van der Waals surface area contributed by atoms with Gasteiger partial charge >= 0.3 is 0 Å². The number of aliphatic hydroxyl groups is 1. The van der Waals surface area contributed by atoms with E-state index in [4.69, 9.17) is 14.2 Å². The summed E-state index contributed by atoms with van der Waals surface area (Å²) >= 11 is 0. The van der Waals surface area contributed by atoms with Crippen LogP contribution in [0.25, 0.3) is 5.76 Å². The van der Waals surface area contributed by atoms with Crippen molar-refractivity contribution in [1.82, 2.24) is 0 Å². The Morgan fingerprint density at radius 2 is 1.42 bits per heavy atom. The minimum absolute atomic E-state index is 0.00908. The van der Waals surface area contributed by atoms with E-state index in [1.807, 2.05) is 51.1 Å². The number of ether oxygens (including phenoxy) is 3. The van der Waals surface area contributed by atoms with Crippen LogP contribution in [-0.4, -0.2) is 36.6 Å². The predicted octanol–water partition coefficient (Wildman–Crippen LogP) is 5.51. The summed E-state index contributed by atoms with van der Waals surface area (Å²) in [6, 6.07) is 20.3. The standard InChI is InChI=1S/C29H29NO6/c1-4-34-21-14-12-20(13-15-21)30-26(19-10-8-7-9-11-19)25(28(32)29(30)33)27(31)23-17-16-22(35-5-2)18-24(23)36-6-3/h7-18,26,31H,4-6H2,1-3H3/b27-25-. The lowest BCUT2D eigenvalue weighted by molar-refractivity contribution is -0.132. The lowest BCUT2D eigenvalue weighted by Crippen LogP contribution is -2.29. The van der Waals surface area contributed by atoms with Gasteiger partial charge in [0.15, 0.2) is 0 Å². The van der Waals surface area contributed by atoms with Crippen molar-refractivity contribution in [3.8, 4) is 17.2 Å². The predicted molar refractivity (Wildman–Crippen MR) is 138 cm³/mol. The van der Waals surface area contributed by atoms with Crippen molar-refractivity contribution in [3.63, 3.8) is 0 Å². The summed E-state index contributed by atoms with van der Waals surface area (Å²) in [7, 11) is 0. The second-order valence-electron chi connectivity index (χ2n) is 8.03. The molecule has 1 heterocycles. The summed E-state index contributed by atoms with van der Waals surface area (Å²) in [6.07, 6.45) is 0. The molecular formula is C29H29NO6. The Balaban J connectivity index is 1.88. The van der Waals surface area contributed by atoms with E-state index in [0.29, 0.717) is 53.9 Å². The smallest absolute Gasteiger partial charge is 0.300 e. The van der Waals surface area contributed by atoms with Gasteiger partial charge < -0.3 is 19.3 Å². The van der Waals surface area contributed by atoms with E-state index in [1.165, 1.54) is 4.90 Å². The third-order valence-corrected chi connectivity index (χ3v) is 5.80. The van der Waals surface area contributed by atoms with Crippen LogP contribution in [0.15, 0.2) is 78.4 Å². The van der Waals surface area contributed by atoms with E-state index < -0.39 is 17.7 Å². The van der Waals surface area contributed by atoms with E-state index in [0.717, 1.165) is 0 Å². The first-order chi connectivity index (χ1) is 17.5. The lowest BCUT2D eigenvalue weighted by atomic mass is 9.95. The number of carbonyl (C=O) groups excluding carboxylic acids is 2. The molecule has 0 saturated carbocycles. The number of anilines is 1. The number of carbonyl (C=O) groups is 2. The van der Waals surface area contributed by atoms with Crippen molar-refractivity contribution < 1.29 is 28.9 Å². The van der Waals surface area contributed by atoms with Gasteiger partial charge in [0.2, 0.25) is 0 Å². The van der Waals surface area contributed by atoms with Crippen molar-refractivity contribution >= 4 is 23.1 Å². The first-order valence-corrected chi connectivity index (χ1v) is 12.0. The van der Waals surface area contributed by atoms with Crippen LogP contribution in [-0.2, 0) is 9.59 Å². The van der Waals surface area contributed by atoms with Crippen LogP contribution in [0.2, 0.25) is 0 Å². The zero-order valence-electron chi connectivity index (χ0n) is 20.6. The number of benzene rings is 3. The van der Waals surface area contributed by atoms with Crippen molar-refractivity contribution in [3.05, 3.63) is 89.5 Å². The Morgan fingerprint density at radius 1 is 0.806 bits per heavy atom. The quantitative estimate of drug-likeness (QED) is 0.243. The molecule has 0 aliphatic carbocycles. The maximum Gasteiger partial charge on any atom is 0.300 e. The molecule has 7 heteroatoms. The monoisotopic (exact) mass is 487 g/mol. The number of ketones is 1. The van der Waals surface area contributed by atoms with E-state index in [9.17, 15) is 14.7 Å². The molecule has 4 rings (SSSR count). The maximum absolute atomic E-state index is 13.4. The van der Waals surface area contributed by atoms with Gasteiger partial charge in [0.25, 0.3) is 11.7 Å². The van der Waals surface area contributed by atoms with Gasteiger partial charge in [0.05, 0.1) is 37.0 Å². The van der Waals surface area contributed by atoms with Crippen molar-refractivity contribution in [2.45, 2.75) is 26.8 Å². The highest BCUT2D eigenvalue weighted by atomic mass is 16.5. The molecule has 0 bridgehead atoms. The van der Waals surface area contributed by atoms with Gasteiger partial charge in [-0.05, 0) is 62.7 Å². The molecule has 1 saturated heterocycles. The lowest BCUT2D eigenvalue weighted by Gasteiger charge is -2.25. The summed E-state index contributed by atoms with van der Waals surface area (Å²) in [6.45, 7) is 6.91. The number of amides is 1. The second kappa shape index (κ2) is 11.0. The fraction of sp³-hybridized carbons (Fsp3) is 0.241. The van der Waals surface area contributed by atoms with E-state index >= 15 is 0 Å². The Morgan fingerprint density at radius 3 is 2.06 bits per heavy atom. The molecule has 1 amide bonds. The van der Waals surface area contributed by atoms with Crippen LogP contribution in [0.5, 0.6) is 17.2 Å². The number of aliphatic hydroxyl groups excluding tert-OH is 1. The molecule has 7 nitrogen and oxygen atoms in total. The first-order valence-electron chi connectivity index (χ1n) is 12.0. The summed E-state index contributed by atoms with van der Waals surface area (Å²) in [5.41, 5.74) is 1.51. The molecular weight excluding hydrogens is 458 g/mol. The fourth-order valence-corrected chi connectivity index (χ4v) is 4.29. The summed E-state index contributed by atoms with van der Waals surface area (Å²) in [4.78, 5) is 28.2. The highest BCUT2D eigenvalue weighted by Gasteiger charge is 2.47. The van der Waals surface area contributed by atoms with Gasteiger partial charge in [-0.2, -0.15) is 0 Å². The number of Topliss-reactive ketones (excluding diaryl/α,β-unsaturated/α-hetero) is 1. The molecule has 1 atom stereocenters. The molecule has 36 heavy (non-hydrogen) atoms. The average molecular weight is 488 g/mol. The van der Waals surface area contributed by atoms with Crippen molar-refractivity contribution in [1.29, 1.82) is 0 Å². The maximum atomic E-state index is 13.4. The molecule has 186 valence electrons. The number of nitrogens with zero attached hydrogens (tertiary/aromatic N) is 1. The molecule has 0 spiro atoms. The molecule has 3 aromatic carbocycles. The van der Waals surface area contributed by atoms with Crippen LogP contribution in [0.3, 0.4) is 0 Å². The minimum atomic E-state index is -0.829. The zero-order valence-corrected chi connectivity index (χ0v) is 20.6. The Labute approximate surface area is 210 Å². The van der Waals surface area contributed by atoms with Gasteiger partial charge in [-0.1, -0.05) is 30.3 Å². The van der Waals surface area contributed by atoms with E-state index in [-0.39, 0.29) is 11.3 Å². The molecule has 1 aliphatic heterocycles. The molecule has 1 aliphatic rings. The number of hydrogen-bond donors (Lipinski definition) is 1. The zero-order chi connectivity index (χ0) is 25.7. The second-order valence-corrected chi connectivity index (χ2v) is 8.03. The van der Waals surface area contributed by atoms with Crippen LogP contribution < -0.4 is 19.1 Å². The van der Waals surface area contributed by atoms with Gasteiger partial charge in [-0.15, -0.1) is 0 Å². The Kier molecular flexibility index (Phi) is 7.59. The fourth-order valence-electron chi connectivity index (χ4n) is 4.29. The van der Waals surface area contributed by atoms with Crippen LogP contribution in [0.4, 0.5) is 5.69 Å². The average Bonchev–Trinajstić information content (AvgIpc) is 3.16.